The molecule has 1 aromatic rings. The molecule has 0 aliphatic carbocycles. The molecule has 2 rings (SSSR count). The first-order valence-corrected chi connectivity index (χ1v) is 5.97. The van der Waals surface area contributed by atoms with Crippen molar-refractivity contribution in [2.75, 3.05) is 13.2 Å². The summed E-state index contributed by atoms with van der Waals surface area (Å²) in [6, 6.07) is 9.01. The van der Waals surface area contributed by atoms with E-state index in [-0.39, 0.29) is 5.54 Å². The minimum Gasteiger partial charge on any atom is -0.378 e. The molecule has 2 nitrogen and oxygen atoms in total. The molecule has 0 saturated carbocycles. The highest BCUT2D eigenvalue weighted by Gasteiger charge is 2.27. The third-order valence-corrected chi connectivity index (χ3v) is 3.10. The topological polar surface area (TPSA) is 21.3 Å². The summed E-state index contributed by atoms with van der Waals surface area (Å²) in [5.41, 5.74) is 2.89. The average molecular weight is 219 g/mol. The van der Waals surface area contributed by atoms with E-state index in [1.807, 2.05) is 0 Å². The van der Waals surface area contributed by atoms with Crippen LogP contribution in [-0.4, -0.2) is 24.8 Å². The lowest BCUT2D eigenvalue weighted by molar-refractivity contribution is 0.0135. The number of morpholine rings is 1. The van der Waals surface area contributed by atoms with Crippen molar-refractivity contribution in [2.45, 2.75) is 38.8 Å². The van der Waals surface area contributed by atoms with Crippen LogP contribution in [0.1, 0.15) is 25.0 Å². The third-order valence-electron chi connectivity index (χ3n) is 3.10. The van der Waals surface area contributed by atoms with Crippen LogP contribution in [0.4, 0.5) is 0 Å². The molecule has 1 aromatic carbocycles. The van der Waals surface area contributed by atoms with Gasteiger partial charge in [0.25, 0.3) is 0 Å². The van der Waals surface area contributed by atoms with Gasteiger partial charge in [-0.15, -0.1) is 0 Å². The zero-order valence-corrected chi connectivity index (χ0v) is 10.4. The fourth-order valence-corrected chi connectivity index (χ4v) is 2.31. The van der Waals surface area contributed by atoms with Gasteiger partial charge in [-0.05, 0) is 38.3 Å². The summed E-state index contributed by atoms with van der Waals surface area (Å²) in [6.45, 7) is 8.17. The monoisotopic (exact) mass is 219 g/mol. The molecule has 0 spiro atoms. The predicted molar refractivity (Wildman–Crippen MR) is 66.7 cm³/mol. The van der Waals surface area contributed by atoms with Crippen LogP contribution in [0.25, 0.3) is 0 Å². The van der Waals surface area contributed by atoms with E-state index in [2.05, 4.69) is 50.4 Å². The van der Waals surface area contributed by atoms with Crippen molar-refractivity contribution in [1.82, 2.24) is 5.32 Å². The number of aryl methyl sites for hydroxylation is 1. The molecule has 0 radical (unpaired) electrons. The second-order valence-electron chi connectivity index (χ2n) is 5.37. The Labute approximate surface area is 98.0 Å². The molecular formula is C14H21NO. The number of rotatable bonds is 2. The fourth-order valence-electron chi connectivity index (χ4n) is 2.31. The number of nitrogens with one attached hydrogen (secondary N) is 1. The van der Waals surface area contributed by atoms with E-state index in [4.69, 9.17) is 4.74 Å². The maximum Gasteiger partial charge on any atom is 0.0643 e. The standard InChI is InChI=1S/C14H21NO/c1-11-6-4-5-7-12(11)8-13-9-16-10-14(2,3)15-13/h4-7,13,15H,8-10H2,1-3H3. The van der Waals surface area contributed by atoms with Gasteiger partial charge in [0, 0.05) is 11.6 Å². The molecule has 1 atom stereocenters. The summed E-state index contributed by atoms with van der Waals surface area (Å²) in [6.07, 6.45) is 1.05. The van der Waals surface area contributed by atoms with Crippen LogP contribution in [0, 0.1) is 6.92 Å². The lowest BCUT2D eigenvalue weighted by Crippen LogP contribution is -2.56. The van der Waals surface area contributed by atoms with E-state index in [0.717, 1.165) is 19.6 Å². The van der Waals surface area contributed by atoms with E-state index in [1.165, 1.54) is 11.1 Å². The van der Waals surface area contributed by atoms with E-state index in [0.29, 0.717) is 6.04 Å². The van der Waals surface area contributed by atoms with Crippen molar-refractivity contribution in [1.29, 1.82) is 0 Å². The third kappa shape index (κ3) is 2.83. The number of hydrogen-bond donors (Lipinski definition) is 1. The Hall–Kier alpha value is -0.860. The van der Waals surface area contributed by atoms with Gasteiger partial charge in [-0.2, -0.15) is 0 Å². The van der Waals surface area contributed by atoms with Crippen LogP contribution in [0.15, 0.2) is 24.3 Å². The van der Waals surface area contributed by atoms with Gasteiger partial charge >= 0.3 is 0 Å². The van der Waals surface area contributed by atoms with Crippen molar-refractivity contribution < 1.29 is 4.74 Å². The van der Waals surface area contributed by atoms with E-state index < -0.39 is 0 Å². The molecule has 1 saturated heterocycles. The molecule has 0 bridgehead atoms. The van der Waals surface area contributed by atoms with Gasteiger partial charge in [-0.1, -0.05) is 24.3 Å². The molecular weight excluding hydrogens is 198 g/mol. The maximum atomic E-state index is 5.65. The first-order valence-electron chi connectivity index (χ1n) is 5.97. The van der Waals surface area contributed by atoms with Gasteiger partial charge in [-0.25, -0.2) is 0 Å². The molecule has 1 unspecified atom stereocenters. The fraction of sp³-hybridized carbons (Fsp3) is 0.571. The Morgan fingerprint density at radius 3 is 2.81 bits per heavy atom. The molecule has 1 N–H and O–H groups in total. The minimum absolute atomic E-state index is 0.103. The summed E-state index contributed by atoms with van der Waals surface area (Å²) in [7, 11) is 0. The predicted octanol–water partition coefficient (Wildman–Crippen LogP) is 2.30. The Morgan fingerprint density at radius 2 is 2.12 bits per heavy atom. The van der Waals surface area contributed by atoms with Gasteiger partial charge in [-0.3, -0.25) is 0 Å². The molecule has 1 aliphatic rings. The molecule has 0 aromatic heterocycles. The van der Waals surface area contributed by atoms with E-state index in [9.17, 15) is 0 Å². The van der Waals surface area contributed by atoms with Crippen molar-refractivity contribution >= 4 is 0 Å². The first kappa shape index (κ1) is 11.6. The Balaban J connectivity index is 2.02. The molecule has 88 valence electrons. The molecule has 1 aliphatic heterocycles. The molecule has 16 heavy (non-hydrogen) atoms. The Kier molecular flexibility index (Phi) is 3.31. The summed E-state index contributed by atoms with van der Waals surface area (Å²) in [5.74, 6) is 0. The van der Waals surface area contributed by atoms with Gasteiger partial charge in [0.2, 0.25) is 0 Å². The van der Waals surface area contributed by atoms with E-state index >= 15 is 0 Å². The van der Waals surface area contributed by atoms with Crippen LogP contribution >= 0.6 is 0 Å². The summed E-state index contributed by atoms with van der Waals surface area (Å²) in [5, 5.41) is 3.64. The smallest absolute Gasteiger partial charge is 0.0643 e. The molecule has 1 fully saturated rings. The largest absolute Gasteiger partial charge is 0.378 e. The van der Waals surface area contributed by atoms with Gasteiger partial charge < -0.3 is 10.1 Å². The summed E-state index contributed by atoms with van der Waals surface area (Å²) < 4.78 is 5.65. The SMILES string of the molecule is Cc1ccccc1CC1COCC(C)(C)N1. The van der Waals surface area contributed by atoms with Crippen LogP contribution in [0.2, 0.25) is 0 Å². The van der Waals surface area contributed by atoms with Crippen LogP contribution < -0.4 is 5.32 Å². The van der Waals surface area contributed by atoms with Crippen molar-refractivity contribution in [2.24, 2.45) is 0 Å². The first-order chi connectivity index (χ1) is 7.57. The maximum absolute atomic E-state index is 5.65. The second kappa shape index (κ2) is 4.56. The van der Waals surface area contributed by atoms with Gasteiger partial charge in [0.1, 0.15) is 0 Å². The van der Waals surface area contributed by atoms with Crippen molar-refractivity contribution in [3.63, 3.8) is 0 Å². The second-order valence-corrected chi connectivity index (χ2v) is 5.37. The van der Waals surface area contributed by atoms with Crippen LogP contribution in [-0.2, 0) is 11.2 Å². The lowest BCUT2D eigenvalue weighted by Gasteiger charge is -2.37. The van der Waals surface area contributed by atoms with Crippen LogP contribution in [0.5, 0.6) is 0 Å². The van der Waals surface area contributed by atoms with Gasteiger partial charge in [0.15, 0.2) is 0 Å². The Bertz CT molecular complexity index is 360. The summed E-state index contributed by atoms with van der Waals surface area (Å²) >= 11 is 0. The number of hydrogen-bond acceptors (Lipinski definition) is 2. The highest BCUT2D eigenvalue weighted by molar-refractivity contribution is 5.26. The highest BCUT2D eigenvalue weighted by Crippen LogP contribution is 2.16. The normalized spacial score (nSPS) is 24.3. The van der Waals surface area contributed by atoms with Crippen molar-refractivity contribution in [3.05, 3.63) is 35.4 Å². The quantitative estimate of drug-likeness (QED) is 0.824. The zero-order valence-electron chi connectivity index (χ0n) is 10.4. The highest BCUT2D eigenvalue weighted by atomic mass is 16.5. The average Bonchev–Trinajstić information content (AvgIpc) is 2.20. The molecule has 2 heteroatoms. The van der Waals surface area contributed by atoms with Crippen molar-refractivity contribution in [3.8, 4) is 0 Å². The minimum atomic E-state index is 0.103. The number of ether oxygens (including phenoxy) is 1. The summed E-state index contributed by atoms with van der Waals surface area (Å²) in [4.78, 5) is 0. The zero-order chi connectivity index (χ0) is 11.6. The van der Waals surface area contributed by atoms with Gasteiger partial charge in [0.05, 0.1) is 13.2 Å². The van der Waals surface area contributed by atoms with Crippen LogP contribution in [0.3, 0.4) is 0 Å². The molecule has 0 amide bonds. The lowest BCUT2D eigenvalue weighted by atomic mass is 9.97. The Morgan fingerprint density at radius 1 is 1.38 bits per heavy atom. The number of benzene rings is 1. The van der Waals surface area contributed by atoms with E-state index in [1.54, 1.807) is 0 Å². The molecule has 1 heterocycles.